The Kier molecular flexibility index (Phi) is 8.56. The summed E-state index contributed by atoms with van der Waals surface area (Å²) in [5, 5.41) is 2.84. The zero-order valence-corrected chi connectivity index (χ0v) is 19.2. The number of ether oxygens (including phenoxy) is 4. The molecular formula is C21H21BrClNO6. The van der Waals surface area contributed by atoms with Crippen LogP contribution in [0, 0.1) is 0 Å². The fourth-order valence-electron chi connectivity index (χ4n) is 2.57. The highest BCUT2D eigenvalue weighted by molar-refractivity contribution is 9.10. The Morgan fingerprint density at radius 3 is 2.37 bits per heavy atom. The average molecular weight is 499 g/mol. The maximum Gasteiger partial charge on any atom is 0.341 e. The quantitative estimate of drug-likeness (QED) is 0.409. The van der Waals surface area contributed by atoms with Gasteiger partial charge in [-0.15, -0.1) is 0 Å². The molecule has 0 heterocycles. The van der Waals surface area contributed by atoms with Crippen molar-refractivity contribution in [2.75, 3.05) is 33.3 Å². The van der Waals surface area contributed by atoms with Crippen LogP contribution < -0.4 is 19.5 Å². The minimum atomic E-state index is -0.562. The van der Waals surface area contributed by atoms with Gasteiger partial charge < -0.3 is 24.3 Å². The second-order valence-corrected chi connectivity index (χ2v) is 7.08. The van der Waals surface area contributed by atoms with E-state index in [-0.39, 0.29) is 22.9 Å². The van der Waals surface area contributed by atoms with Crippen LogP contribution in [0.3, 0.4) is 0 Å². The summed E-state index contributed by atoms with van der Waals surface area (Å²) >= 11 is 9.62. The molecule has 0 bridgehead atoms. The highest BCUT2D eigenvalue weighted by Gasteiger charge is 2.17. The van der Waals surface area contributed by atoms with Gasteiger partial charge in [0.2, 0.25) is 5.91 Å². The number of methoxy groups -OCH3 is 3. The lowest BCUT2D eigenvalue weighted by molar-refractivity contribution is -0.111. The van der Waals surface area contributed by atoms with Crippen molar-refractivity contribution in [2.24, 2.45) is 0 Å². The normalized spacial score (nSPS) is 10.6. The molecule has 0 aliphatic heterocycles. The number of amides is 1. The largest absolute Gasteiger partial charge is 0.496 e. The van der Waals surface area contributed by atoms with E-state index in [1.807, 2.05) is 0 Å². The summed E-state index contributed by atoms with van der Waals surface area (Å²) in [6.07, 6.45) is 2.95. The molecule has 9 heteroatoms. The second kappa shape index (κ2) is 10.9. The Labute approximate surface area is 188 Å². The SMILES string of the molecule is CCOC(=O)c1cc(Cl)c(NC(=O)/C=C/c2cc(Br)c(OC)c(OC)c2)cc1OC. The monoisotopic (exact) mass is 497 g/mol. The van der Waals surface area contributed by atoms with E-state index in [2.05, 4.69) is 21.2 Å². The van der Waals surface area contributed by atoms with Crippen LogP contribution in [0.15, 0.2) is 34.8 Å². The first-order chi connectivity index (χ1) is 14.3. The van der Waals surface area contributed by atoms with Crippen LogP contribution in [0.25, 0.3) is 6.08 Å². The average Bonchev–Trinajstić information content (AvgIpc) is 2.73. The lowest BCUT2D eigenvalue weighted by Crippen LogP contribution is -2.11. The molecule has 0 fully saturated rings. The third kappa shape index (κ3) is 5.67. The number of rotatable bonds is 8. The molecule has 0 radical (unpaired) electrons. The van der Waals surface area contributed by atoms with E-state index < -0.39 is 11.9 Å². The fourth-order valence-corrected chi connectivity index (χ4v) is 3.40. The Morgan fingerprint density at radius 1 is 1.07 bits per heavy atom. The molecule has 0 saturated heterocycles. The highest BCUT2D eigenvalue weighted by Crippen LogP contribution is 2.36. The van der Waals surface area contributed by atoms with Crippen LogP contribution in [0.5, 0.6) is 17.2 Å². The maximum absolute atomic E-state index is 12.4. The van der Waals surface area contributed by atoms with Crippen molar-refractivity contribution >= 4 is 51.2 Å². The molecule has 0 saturated carbocycles. The summed E-state index contributed by atoms with van der Waals surface area (Å²) in [7, 11) is 4.48. The molecule has 1 amide bonds. The molecule has 0 aliphatic carbocycles. The van der Waals surface area contributed by atoms with Gasteiger partial charge in [-0.2, -0.15) is 0 Å². The predicted octanol–water partition coefficient (Wildman–Crippen LogP) is 4.96. The lowest BCUT2D eigenvalue weighted by Gasteiger charge is -2.12. The number of hydrogen-bond donors (Lipinski definition) is 1. The molecule has 7 nitrogen and oxygen atoms in total. The summed E-state index contributed by atoms with van der Waals surface area (Å²) in [5.74, 6) is 0.330. The topological polar surface area (TPSA) is 83.1 Å². The maximum atomic E-state index is 12.4. The molecule has 2 aromatic rings. The first-order valence-electron chi connectivity index (χ1n) is 8.79. The van der Waals surface area contributed by atoms with Gasteiger partial charge in [-0.3, -0.25) is 4.79 Å². The molecule has 30 heavy (non-hydrogen) atoms. The van der Waals surface area contributed by atoms with Crippen molar-refractivity contribution in [3.05, 3.63) is 51.0 Å². The van der Waals surface area contributed by atoms with Gasteiger partial charge >= 0.3 is 5.97 Å². The molecule has 1 N–H and O–H groups in total. The first-order valence-corrected chi connectivity index (χ1v) is 9.96. The van der Waals surface area contributed by atoms with Crippen LogP contribution in [0.2, 0.25) is 5.02 Å². The van der Waals surface area contributed by atoms with Crippen molar-refractivity contribution in [1.82, 2.24) is 0 Å². The molecule has 2 aromatic carbocycles. The second-order valence-electron chi connectivity index (χ2n) is 5.81. The minimum Gasteiger partial charge on any atom is -0.496 e. The van der Waals surface area contributed by atoms with Crippen LogP contribution in [0.4, 0.5) is 5.69 Å². The lowest BCUT2D eigenvalue weighted by atomic mass is 10.1. The zero-order valence-electron chi connectivity index (χ0n) is 16.9. The van der Waals surface area contributed by atoms with Gasteiger partial charge in [-0.25, -0.2) is 4.79 Å². The molecule has 0 aliphatic rings. The van der Waals surface area contributed by atoms with Crippen molar-refractivity contribution in [3.8, 4) is 17.2 Å². The van der Waals surface area contributed by atoms with E-state index in [0.29, 0.717) is 21.7 Å². The highest BCUT2D eigenvalue weighted by atomic mass is 79.9. The Bertz CT molecular complexity index is 976. The summed E-state index contributed by atoms with van der Waals surface area (Å²) in [5.41, 5.74) is 1.19. The third-order valence-electron chi connectivity index (χ3n) is 3.93. The number of esters is 1. The van der Waals surface area contributed by atoms with Crippen LogP contribution in [-0.2, 0) is 9.53 Å². The number of nitrogens with one attached hydrogen (secondary N) is 1. The van der Waals surface area contributed by atoms with Crippen molar-refractivity contribution in [1.29, 1.82) is 0 Å². The van der Waals surface area contributed by atoms with Crippen LogP contribution in [0.1, 0.15) is 22.8 Å². The van der Waals surface area contributed by atoms with Crippen LogP contribution >= 0.6 is 27.5 Å². The molecular weight excluding hydrogens is 478 g/mol. The summed E-state index contributed by atoms with van der Waals surface area (Å²) < 4.78 is 21.4. The standard InChI is InChI=1S/C21H21BrClNO6/c1-5-30-21(26)13-10-15(23)16(11-17(13)27-2)24-19(25)7-6-12-8-14(22)20(29-4)18(9-12)28-3/h6-11H,5H2,1-4H3,(H,24,25)/b7-6+. The van der Waals surface area contributed by atoms with Gasteiger partial charge in [-0.05, 0) is 52.7 Å². The van der Waals surface area contributed by atoms with E-state index in [0.717, 1.165) is 5.56 Å². The molecule has 0 spiro atoms. The van der Waals surface area contributed by atoms with E-state index in [1.165, 1.54) is 39.5 Å². The third-order valence-corrected chi connectivity index (χ3v) is 4.83. The summed E-state index contributed by atoms with van der Waals surface area (Å²) in [6.45, 7) is 1.92. The smallest absolute Gasteiger partial charge is 0.341 e. The van der Waals surface area contributed by atoms with E-state index in [4.69, 9.17) is 30.5 Å². The van der Waals surface area contributed by atoms with Gasteiger partial charge in [0.1, 0.15) is 11.3 Å². The van der Waals surface area contributed by atoms with E-state index in [9.17, 15) is 9.59 Å². The minimum absolute atomic E-state index is 0.174. The Hall–Kier alpha value is -2.71. The van der Waals surface area contributed by atoms with E-state index >= 15 is 0 Å². The predicted molar refractivity (Wildman–Crippen MR) is 119 cm³/mol. The van der Waals surface area contributed by atoms with Crippen LogP contribution in [-0.4, -0.2) is 39.8 Å². The number of anilines is 1. The Balaban J connectivity index is 2.22. The van der Waals surface area contributed by atoms with Crippen molar-refractivity contribution in [2.45, 2.75) is 6.92 Å². The molecule has 0 unspecified atom stereocenters. The van der Waals surface area contributed by atoms with Gasteiger partial charge in [0.15, 0.2) is 11.5 Å². The summed E-state index contributed by atoms with van der Waals surface area (Å²) in [6, 6.07) is 6.38. The first kappa shape index (κ1) is 23.6. The number of carbonyl (C=O) groups is 2. The zero-order chi connectivity index (χ0) is 22.3. The van der Waals surface area contributed by atoms with Gasteiger partial charge in [0.05, 0.1) is 43.1 Å². The van der Waals surface area contributed by atoms with Crippen molar-refractivity contribution in [3.63, 3.8) is 0 Å². The van der Waals surface area contributed by atoms with Gasteiger partial charge in [0.25, 0.3) is 0 Å². The number of halogens is 2. The molecule has 160 valence electrons. The summed E-state index contributed by atoms with van der Waals surface area (Å²) in [4.78, 5) is 24.4. The number of carbonyl (C=O) groups excluding carboxylic acids is 2. The van der Waals surface area contributed by atoms with Gasteiger partial charge in [0, 0.05) is 12.1 Å². The number of hydrogen-bond acceptors (Lipinski definition) is 6. The van der Waals surface area contributed by atoms with Gasteiger partial charge in [-0.1, -0.05) is 11.6 Å². The number of benzene rings is 2. The molecule has 2 rings (SSSR count). The molecule has 0 aromatic heterocycles. The van der Waals surface area contributed by atoms with E-state index in [1.54, 1.807) is 25.1 Å². The van der Waals surface area contributed by atoms with Crippen molar-refractivity contribution < 1.29 is 28.5 Å². The molecule has 0 atom stereocenters. The fraction of sp³-hybridized carbons (Fsp3) is 0.238. The Morgan fingerprint density at radius 2 is 1.77 bits per heavy atom.